The van der Waals surface area contributed by atoms with E-state index in [0.717, 1.165) is 6.54 Å². The van der Waals surface area contributed by atoms with Gasteiger partial charge in [-0.15, -0.1) is 0 Å². The smallest absolute Gasteiger partial charge is 0.0606 e. The SMILES string of the molecule is CCN(CCO)c1ccc(NC2CCCC2(C)C)cc1. The molecule has 0 aliphatic heterocycles. The first-order chi connectivity index (χ1) is 9.56. The topological polar surface area (TPSA) is 35.5 Å². The third-order valence-electron chi connectivity index (χ3n) is 4.58. The number of benzene rings is 1. The second-order valence-electron chi connectivity index (χ2n) is 6.43. The van der Waals surface area contributed by atoms with E-state index in [9.17, 15) is 0 Å². The maximum absolute atomic E-state index is 9.08. The summed E-state index contributed by atoms with van der Waals surface area (Å²) in [6.45, 7) is 8.63. The van der Waals surface area contributed by atoms with E-state index >= 15 is 0 Å². The number of rotatable bonds is 6. The quantitative estimate of drug-likeness (QED) is 0.835. The van der Waals surface area contributed by atoms with Gasteiger partial charge in [0.1, 0.15) is 0 Å². The number of nitrogens with one attached hydrogen (secondary N) is 1. The van der Waals surface area contributed by atoms with Crippen molar-refractivity contribution < 1.29 is 5.11 Å². The van der Waals surface area contributed by atoms with Gasteiger partial charge < -0.3 is 15.3 Å². The number of likely N-dealkylation sites (N-methyl/N-ethyl adjacent to an activating group) is 1. The summed E-state index contributed by atoms with van der Waals surface area (Å²) in [6, 6.07) is 9.17. The normalized spacial score (nSPS) is 20.9. The molecule has 0 aromatic heterocycles. The van der Waals surface area contributed by atoms with Gasteiger partial charge >= 0.3 is 0 Å². The van der Waals surface area contributed by atoms with E-state index < -0.39 is 0 Å². The summed E-state index contributed by atoms with van der Waals surface area (Å²) in [7, 11) is 0. The van der Waals surface area contributed by atoms with Crippen molar-refractivity contribution in [3.63, 3.8) is 0 Å². The lowest BCUT2D eigenvalue weighted by Gasteiger charge is -2.29. The Kier molecular flexibility index (Phi) is 4.92. The van der Waals surface area contributed by atoms with Gasteiger partial charge in [0.25, 0.3) is 0 Å². The number of hydrogen-bond donors (Lipinski definition) is 2. The molecule has 1 aromatic carbocycles. The minimum absolute atomic E-state index is 0.199. The minimum atomic E-state index is 0.199. The number of anilines is 2. The van der Waals surface area contributed by atoms with E-state index in [-0.39, 0.29) is 6.61 Å². The number of aliphatic hydroxyl groups is 1. The van der Waals surface area contributed by atoms with E-state index in [4.69, 9.17) is 5.11 Å². The van der Waals surface area contributed by atoms with Gasteiger partial charge in [-0.25, -0.2) is 0 Å². The third-order valence-corrected chi connectivity index (χ3v) is 4.58. The first kappa shape index (κ1) is 15.2. The standard InChI is InChI=1S/C17H28N2O/c1-4-19(12-13-20)15-9-7-14(8-10-15)18-16-6-5-11-17(16,2)3/h7-10,16,18,20H,4-6,11-13H2,1-3H3. The maximum Gasteiger partial charge on any atom is 0.0606 e. The van der Waals surface area contributed by atoms with Crippen molar-refractivity contribution in [3.05, 3.63) is 24.3 Å². The molecule has 1 fully saturated rings. The largest absolute Gasteiger partial charge is 0.395 e. The van der Waals surface area contributed by atoms with Gasteiger partial charge in [0.2, 0.25) is 0 Å². The van der Waals surface area contributed by atoms with Crippen LogP contribution in [-0.4, -0.2) is 30.8 Å². The fraction of sp³-hybridized carbons (Fsp3) is 0.647. The Balaban J connectivity index is 2.01. The monoisotopic (exact) mass is 276 g/mol. The summed E-state index contributed by atoms with van der Waals surface area (Å²) in [6.07, 6.45) is 3.89. The molecule has 20 heavy (non-hydrogen) atoms. The van der Waals surface area contributed by atoms with Crippen LogP contribution >= 0.6 is 0 Å². The van der Waals surface area contributed by atoms with Crippen molar-refractivity contribution >= 4 is 11.4 Å². The Morgan fingerprint density at radius 2 is 2.00 bits per heavy atom. The predicted octanol–water partition coefficient (Wildman–Crippen LogP) is 3.50. The lowest BCUT2D eigenvalue weighted by Crippen LogP contribution is -2.30. The summed E-state index contributed by atoms with van der Waals surface area (Å²) in [5.41, 5.74) is 2.77. The van der Waals surface area contributed by atoms with Crippen LogP contribution in [0.5, 0.6) is 0 Å². The van der Waals surface area contributed by atoms with Crippen molar-refractivity contribution in [1.82, 2.24) is 0 Å². The van der Waals surface area contributed by atoms with Gasteiger partial charge in [0, 0.05) is 30.5 Å². The van der Waals surface area contributed by atoms with Crippen molar-refractivity contribution in [3.8, 4) is 0 Å². The van der Waals surface area contributed by atoms with Crippen LogP contribution < -0.4 is 10.2 Å². The van der Waals surface area contributed by atoms with Crippen LogP contribution in [0, 0.1) is 5.41 Å². The fourth-order valence-electron chi connectivity index (χ4n) is 3.15. The third kappa shape index (κ3) is 3.45. The van der Waals surface area contributed by atoms with Crippen molar-refractivity contribution in [2.75, 3.05) is 29.9 Å². The molecule has 112 valence electrons. The first-order valence-corrected chi connectivity index (χ1v) is 7.79. The molecule has 2 N–H and O–H groups in total. The first-order valence-electron chi connectivity index (χ1n) is 7.79. The molecule has 1 aliphatic rings. The summed E-state index contributed by atoms with van der Waals surface area (Å²) >= 11 is 0. The Labute approximate surface area is 123 Å². The Hall–Kier alpha value is -1.22. The van der Waals surface area contributed by atoms with Crippen LogP contribution in [0.15, 0.2) is 24.3 Å². The van der Waals surface area contributed by atoms with Crippen molar-refractivity contribution in [2.45, 2.75) is 46.1 Å². The molecule has 3 nitrogen and oxygen atoms in total. The zero-order chi connectivity index (χ0) is 14.6. The molecule has 1 aliphatic carbocycles. The second kappa shape index (κ2) is 6.49. The Bertz CT molecular complexity index is 414. The number of nitrogens with zero attached hydrogens (tertiary/aromatic N) is 1. The average Bonchev–Trinajstić information content (AvgIpc) is 2.76. The van der Waals surface area contributed by atoms with Gasteiger partial charge in [-0.2, -0.15) is 0 Å². The maximum atomic E-state index is 9.08. The zero-order valence-corrected chi connectivity index (χ0v) is 13.0. The van der Waals surface area contributed by atoms with Crippen LogP contribution in [0.25, 0.3) is 0 Å². The lowest BCUT2D eigenvalue weighted by atomic mass is 9.87. The second-order valence-corrected chi connectivity index (χ2v) is 6.43. The molecule has 1 aromatic rings. The van der Waals surface area contributed by atoms with Crippen molar-refractivity contribution in [2.24, 2.45) is 5.41 Å². The van der Waals surface area contributed by atoms with Crippen LogP contribution in [0.1, 0.15) is 40.0 Å². The highest BCUT2D eigenvalue weighted by atomic mass is 16.3. The molecule has 0 heterocycles. The van der Waals surface area contributed by atoms with Gasteiger partial charge in [0.05, 0.1) is 6.61 Å². The molecule has 2 rings (SSSR count). The van der Waals surface area contributed by atoms with Crippen LogP contribution in [0.3, 0.4) is 0 Å². The lowest BCUT2D eigenvalue weighted by molar-refractivity contribution is 0.302. The zero-order valence-electron chi connectivity index (χ0n) is 13.0. The van der Waals surface area contributed by atoms with Crippen LogP contribution in [-0.2, 0) is 0 Å². The van der Waals surface area contributed by atoms with E-state index in [1.54, 1.807) is 0 Å². The predicted molar refractivity (Wildman–Crippen MR) is 86.5 cm³/mol. The van der Waals surface area contributed by atoms with Crippen LogP contribution in [0.2, 0.25) is 0 Å². The molecular formula is C17H28N2O. The molecular weight excluding hydrogens is 248 g/mol. The average molecular weight is 276 g/mol. The Morgan fingerprint density at radius 1 is 1.30 bits per heavy atom. The summed E-state index contributed by atoms with van der Waals surface area (Å²) in [5, 5.41) is 12.8. The van der Waals surface area contributed by atoms with E-state index in [1.165, 1.54) is 30.6 Å². The van der Waals surface area contributed by atoms with E-state index in [2.05, 4.69) is 55.3 Å². The van der Waals surface area contributed by atoms with E-state index in [1.807, 2.05) is 0 Å². The highest BCUT2D eigenvalue weighted by Crippen LogP contribution is 2.39. The highest BCUT2D eigenvalue weighted by molar-refractivity contribution is 5.55. The summed E-state index contributed by atoms with van der Waals surface area (Å²) in [4.78, 5) is 2.18. The summed E-state index contributed by atoms with van der Waals surface area (Å²) in [5.74, 6) is 0. The van der Waals surface area contributed by atoms with Gasteiger partial charge in [-0.1, -0.05) is 20.3 Å². The molecule has 0 amide bonds. The van der Waals surface area contributed by atoms with Crippen molar-refractivity contribution in [1.29, 1.82) is 0 Å². The van der Waals surface area contributed by atoms with E-state index in [0.29, 0.717) is 18.0 Å². The van der Waals surface area contributed by atoms with Crippen LogP contribution in [0.4, 0.5) is 11.4 Å². The molecule has 1 atom stereocenters. The molecule has 0 radical (unpaired) electrons. The molecule has 1 saturated carbocycles. The highest BCUT2D eigenvalue weighted by Gasteiger charge is 2.34. The number of hydrogen-bond acceptors (Lipinski definition) is 3. The van der Waals surface area contributed by atoms with Gasteiger partial charge in [-0.3, -0.25) is 0 Å². The summed E-state index contributed by atoms with van der Waals surface area (Å²) < 4.78 is 0. The molecule has 0 spiro atoms. The molecule has 1 unspecified atom stereocenters. The molecule has 0 bridgehead atoms. The molecule has 0 saturated heterocycles. The van der Waals surface area contributed by atoms with Gasteiger partial charge in [-0.05, 0) is 49.4 Å². The minimum Gasteiger partial charge on any atom is -0.395 e. The fourth-order valence-corrected chi connectivity index (χ4v) is 3.15. The van der Waals surface area contributed by atoms with Gasteiger partial charge in [0.15, 0.2) is 0 Å². The Morgan fingerprint density at radius 3 is 2.50 bits per heavy atom. The molecule has 3 heteroatoms. The number of aliphatic hydroxyl groups excluding tert-OH is 1.